The lowest BCUT2D eigenvalue weighted by Gasteiger charge is -2.15. The first-order chi connectivity index (χ1) is 14.4. The molecule has 2 aliphatic carbocycles. The van der Waals surface area contributed by atoms with Crippen LogP contribution >= 0.6 is 0 Å². The molecule has 0 saturated heterocycles. The van der Waals surface area contributed by atoms with Crippen LogP contribution in [0.1, 0.15) is 95.6 Å². The molecule has 0 spiro atoms. The van der Waals surface area contributed by atoms with Crippen LogP contribution in [0.4, 0.5) is 0 Å². The Bertz CT molecular complexity index is 781. The number of hydrogen-bond donors (Lipinski definition) is 2. The Balaban J connectivity index is 1.39. The van der Waals surface area contributed by atoms with Crippen molar-refractivity contribution in [3.05, 3.63) is 22.8 Å². The largest absolute Gasteiger partial charge is 0.494 e. The van der Waals surface area contributed by atoms with Gasteiger partial charge in [-0.15, -0.1) is 0 Å². The van der Waals surface area contributed by atoms with E-state index in [1.165, 1.54) is 5.57 Å². The first kappa shape index (κ1) is 22.7. The van der Waals surface area contributed by atoms with Crippen LogP contribution in [-0.4, -0.2) is 33.6 Å². The summed E-state index contributed by atoms with van der Waals surface area (Å²) in [5.41, 5.74) is 3.11. The van der Waals surface area contributed by atoms with E-state index in [1.54, 1.807) is 11.5 Å². The lowest BCUT2D eigenvalue weighted by Crippen LogP contribution is -2.18. The van der Waals surface area contributed by atoms with E-state index >= 15 is 0 Å². The zero-order valence-corrected chi connectivity index (χ0v) is 18.8. The highest BCUT2D eigenvalue weighted by Crippen LogP contribution is 2.62. The molecule has 1 aromatic heterocycles. The average Bonchev–Trinajstić information content (AvgIpc) is 3.24. The van der Waals surface area contributed by atoms with Crippen molar-refractivity contribution < 1.29 is 24.5 Å². The minimum Gasteiger partial charge on any atom is -0.494 e. The van der Waals surface area contributed by atoms with Crippen LogP contribution < -0.4 is 0 Å². The number of aromatic hydroxyl groups is 2. The van der Waals surface area contributed by atoms with Crippen LogP contribution in [0.5, 0.6) is 11.8 Å². The first-order valence-electron chi connectivity index (χ1n) is 11.5. The van der Waals surface area contributed by atoms with Gasteiger partial charge in [0.05, 0.1) is 6.61 Å². The molecule has 0 radical (unpaired) electrons. The van der Waals surface area contributed by atoms with Crippen LogP contribution in [0.25, 0.3) is 0 Å². The fourth-order valence-corrected chi connectivity index (χ4v) is 5.07. The second kappa shape index (κ2) is 9.90. The molecule has 2 N–H and O–H groups in total. The van der Waals surface area contributed by atoms with Crippen molar-refractivity contribution in [2.24, 2.45) is 5.92 Å². The smallest absolute Gasteiger partial charge is 0.308 e. The Morgan fingerprint density at radius 2 is 1.87 bits per heavy atom. The Kier molecular flexibility index (Phi) is 7.50. The Morgan fingerprint density at radius 1 is 1.13 bits per heavy atom. The molecule has 0 aromatic carbocycles. The average molecular weight is 420 g/mol. The van der Waals surface area contributed by atoms with Gasteiger partial charge in [-0.25, -0.2) is 0 Å². The summed E-state index contributed by atoms with van der Waals surface area (Å²) in [6.45, 7) is 9.34. The summed E-state index contributed by atoms with van der Waals surface area (Å²) in [4.78, 5) is 11.9. The molecule has 2 bridgehead atoms. The zero-order valence-electron chi connectivity index (χ0n) is 18.8. The van der Waals surface area contributed by atoms with Gasteiger partial charge in [-0.3, -0.25) is 9.36 Å². The highest BCUT2D eigenvalue weighted by atomic mass is 16.7. The van der Waals surface area contributed by atoms with Gasteiger partial charge in [0.25, 0.3) is 0 Å². The third kappa shape index (κ3) is 4.53. The topological polar surface area (TPSA) is 80.9 Å². The van der Waals surface area contributed by atoms with Crippen LogP contribution in [0.15, 0.2) is 11.6 Å². The number of carbonyl (C=O) groups is 1. The molecule has 168 valence electrons. The molecule has 3 rings (SSSR count). The Morgan fingerprint density at radius 3 is 2.60 bits per heavy atom. The molecule has 0 aliphatic heterocycles. The molecule has 2 aliphatic rings. The summed E-state index contributed by atoms with van der Waals surface area (Å²) in [5, 5.41) is 21.4. The summed E-state index contributed by atoms with van der Waals surface area (Å²) in [6.07, 6.45) is 7.63. The van der Waals surface area contributed by atoms with Crippen molar-refractivity contribution in [3.63, 3.8) is 0 Å². The second-order valence-corrected chi connectivity index (χ2v) is 8.85. The van der Waals surface area contributed by atoms with Crippen molar-refractivity contribution in [2.75, 3.05) is 6.61 Å². The lowest BCUT2D eigenvalue weighted by atomic mass is 9.92. The van der Waals surface area contributed by atoms with Crippen molar-refractivity contribution >= 4 is 5.97 Å². The number of hydrogen-bond acceptors (Lipinski definition) is 5. The van der Waals surface area contributed by atoms with Gasteiger partial charge >= 0.3 is 5.97 Å². The van der Waals surface area contributed by atoms with E-state index in [2.05, 4.69) is 26.8 Å². The molecule has 6 nitrogen and oxygen atoms in total. The van der Waals surface area contributed by atoms with Gasteiger partial charge in [0, 0.05) is 35.9 Å². The fourth-order valence-electron chi connectivity index (χ4n) is 5.07. The van der Waals surface area contributed by atoms with Crippen molar-refractivity contribution in [1.82, 2.24) is 4.57 Å². The van der Waals surface area contributed by atoms with Crippen LogP contribution in [0.3, 0.4) is 0 Å². The highest BCUT2D eigenvalue weighted by Gasteiger charge is 2.48. The number of rotatable bonds is 12. The van der Waals surface area contributed by atoms with E-state index < -0.39 is 6.29 Å². The zero-order chi connectivity index (χ0) is 21.8. The third-order valence-electron chi connectivity index (χ3n) is 6.61. The minimum absolute atomic E-state index is 0.207. The maximum Gasteiger partial charge on any atom is 0.308 e. The summed E-state index contributed by atoms with van der Waals surface area (Å²) < 4.78 is 12.4. The van der Waals surface area contributed by atoms with Gasteiger partial charge in [0.2, 0.25) is 0 Å². The number of unbranched alkanes of at least 4 members (excludes halogenated alkanes) is 4. The van der Waals surface area contributed by atoms with E-state index in [0.29, 0.717) is 31.9 Å². The number of nitrogens with zero attached hydrogens (tertiary/aromatic N) is 1. The molecular formula is C24H37NO5. The molecule has 1 aromatic rings. The lowest BCUT2D eigenvalue weighted by molar-refractivity contribution is -0.175. The van der Waals surface area contributed by atoms with Gasteiger partial charge in [-0.2, -0.15) is 0 Å². The highest BCUT2D eigenvalue weighted by molar-refractivity contribution is 5.69. The van der Waals surface area contributed by atoms with E-state index in [-0.39, 0.29) is 29.6 Å². The van der Waals surface area contributed by atoms with E-state index in [0.717, 1.165) is 43.2 Å². The van der Waals surface area contributed by atoms with Crippen LogP contribution in [-0.2, 0) is 20.8 Å². The van der Waals surface area contributed by atoms with Crippen molar-refractivity contribution in [1.29, 1.82) is 0 Å². The predicted molar refractivity (Wildman–Crippen MR) is 116 cm³/mol. The van der Waals surface area contributed by atoms with Gasteiger partial charge in [0.15, 0.2) is 18.1 Å². The molecule has 0 saturated carbocycles. The number of carbonyl (C=O) groups excluding carboxylic acids is 1. The fraction of sp³-hybridized carbons (Fsp3) is 0.708. The summed E-state index contributed by atoms with van der Waals surface area (Å²) in [6, 6.07) is 0. The first-order valence-corrected chi connectivity index (χ1v) is 11.5. The molecule has 0 fully saturated rings. The quantitative estimate of drug-likeness (QED) is 0.207. The number of allylic oxidation sites excluding steroid dienone is 2. The second-order valence-electron chi connectivity index (χ2n) is 8.85. The molecular weight excluding hydrogens is 382 g/mol. The maximum atomic E-state index is 11.9. The van der Waals surface area contributed by atoms with Crippen molar-refractivity contribution in [2.45, 2.75) is 97.3 Å². The van der Waals surface area contributed by atoms with Gasteiger partial charge < -0.3 is 19.7 Å². The number of aromatic nitrogens is 1. The van der Waals surface area contributed by atoms with Gasteiger partial charge in [-0.1, -0.05) is 44.8 Å². The molecule has 30 heavy (non-hydrogen) atoms. The van der Waals surface area contributed by atoms with Crippen molar-refractivity contribution in [3.8, 4) is 11.8 Å². The van der Waals surface area contributed by atoms with E-state index in [4.69, 9.17) is 9.47 Å². The molecule has 4 atom stereocenters. The van der Waals surface area contributed by atoms with Crippen LogP contribution in [0, 0.1) is 5.92 Å². The van der Waals surface area contributed by atoms with E-state index in [1.807, 2.05) is 0 Å². The van der Waals surface area contributed by atoms with Crippen LogP contribution in [0.2, 0.25) is 0 Å². The summed E-state index contributed by atoms with van der Waals surface area (Å²) >= 11 is 0. The van der Waals surface area contributed by atoms with Gasteiger partial charge in [-0.05, 0) is 39.0 Å². The summed E-state index contributed by atoms with van der Waals surface area (Å²) in [7, 11) is 0. The number of fused-ring (bicyclic) bond motifs is 5. The molecule has 1 heterocycles. The van der Waals surface area contributed by atoms with Gasteiger partial charge in [0.1, 0.15) is 0 Å². The molecule has 0 amide bonds. The molecule has 4 unspecified atom stereocenters. The van der Waals surface area contributed by atoms with E-state index in [9.17, 15) is 15.0 Å². The Labute approximate surface area is 179 Å². The predicted octanol–water partition coefficient (Wildman–Crippen LogP) is 5.33. The standard InChI is InChI=1S/C24H37NO5/c1-5-6-10-13-29-17(4)30-19(26)11-8-7-9-12-25-23(27)21-18-14-15(2)20(16(18)3)22(21)24(25)28/h14,16-18,20,27-28H,5-13H2,1-4H3. The third-order valence-corrected chi connectivity index (χ3v) is 6.61. The maximum absolute atomic E-state index is 11.9. The number of ether oxygens (including phenoxy) is 2. The summed E-state index contributed by atoms with van der Waals surface area (Å²) in [5.74, 6) is 1.01. The minimum atomic E-state index is -0.500. The monoisotopic (exact) mass is 419 g/mol. The normalized spacial score (nSPS) is 22.8. The molecule has 6 heteroatoms. The number of esters is 1. The Hall–Kier alpha value is -1.95. The SMILES string of the molecule is CCCCCOC(C)OC(=O)CCCCCn1c(O)c2c(c1O)C1C(C)=CC2C1C.